The maximum absolute atomic E-state index is 10.7. The lowest BCUT2D eigenvalue weighted by molar-refractivity contribution is 0.0891. The summed E-state index contributed by atoms with van der Waals surface area (Å²) in [6.45, 7) is 3.64. The van der Waals surface area contributed by atoms with E-state index in [0.29, 0.717) is 5.75 Å². The number of rotatable bonds is 6. The van der Waals surface area contributed by atoms with Crippen molar-refractivity contribution in [3.05, 3.63) is 136 Å². The summed E-state index contributed by atoms with van der Waals surface area (Å²) in [4.78, 5) is 5.03. The number of piperazine rings is 1. The molecule has 4 aromatic carbocycles. The number of benzene rings is 4. The smallest absolute Gasteiger partial charge is 0.120 e. The monoisotopic (exact) mass is 467 g/mol. The van der Waals surface area contributed by atoms with Crippen LogP contribution in [0.4, 0.5) is 0 Å². The summed E-state index contributed by atoms with van der Waals surface area (Å²) in [5, 5.41) is 11.4. The molecule has 0 aliphatic carbocycles. The number of nitrogens with zero attached hydrogens (tertiary/aromatic N) is 2. The molecule has 171 valence electrons. The fourth-order valence-electron chi connectivity index (χ4n) is 5.04. The van der Waals surface area contributed by atoms with E-state index in [-0.39, 0.29) is 12.1 Å². The van der Waals surface area contributed by atoms with E-state index in [1.54, 1.807) is 6.07 Å². The van der Waals surface area contributed by atoms with Crippen LogP contribution in [-0.4, -0.2) is 41.1 Å². The number of aromatic hydroxyl groups is 1. The first kappa shape index (κ1) is 22.7. The van der Waals surface area contributed by atoms with Crippen LogP contribution in [0, 0.1) is 6.07 Å². The lowest BCUT2D eigenvalue weighted by Gasteiger charge is -2.43. The zero-order chi connectivity index (χ0) is 23.3. The minimum atomic E-state index is 0.00339. The molecule has 1 saturated heterocycles. The Bertz CT molecular complexity index is 1190. The van der Waals surface area contributed by atoms with Crippen LogP contribution in [0.1, 0.15) is 34.3 Å². The highest BCUT2D eigenvalue weighted by Gasteiger charge is 2.31. The predicted octanol–water partition coefficient (Wildman–Crippen LogP) is 6.34. The van der Waals surface area contributed by atoms with Gasteiger partial charge in [0.05, 0.1) is 12.1 Å². The molecule has 1 heterocycles. The minimum Gasteiger partial charge on any atom is -0.508 e. The predicted molar refractivity (Wildman–Crippen MR) is 138 cm³/mol. The minimum absolute atomic E-state index is 0.00339. The van der Waals surface area contributed by atoms with Crippen LogP contribution in [-0.2, 0) is 0 Å². The maximum atomic E-state index is 10.7. The molecule has 1 N–H and O–H groups in total. The molecular weight excluding hydrogens is 440 g/mol. The molecule has 5 rings (SSSR count). The largest absolute Gasteiger partial charge is 0.508 e. The molecule has 2 atom stereocenters. The molecule has 1 aliphatic heterocycles. The molecule has 4 heteroatoms. The van der Waals surface area contributed by atoms with Gasteiger partial charge in [-0.1, -0.05) is 96.5 Å². The number of phenolic OH excluding ortho intramolecular Hbond substituents is 1. The average molecular weight is 468 g/mol. The summed E-state index contributed by atoms with van der Waals surface area (Å²) in [7, 11) is 0. The normalized spacial score (nSPS) is 16.7. The Hall–Kier alpha value is -3.11. The second-order valence-electron chi connectivity index (χ2n) is 8.73. The molecule has 2 unspecified atom stereocenters. The van der Waals surface area contributed by atoms with Gasteiger partial charge in [0.2, 0.25) is 0 Å². The fourth-order valence-corrected chi connectivity index (χ4v) is 5.16. The Balaban J connectivity index is 1.42. The summed E-state index contributed by atoms with van der Waals surface area (Å²) in [5.74, 6) is 0.339. The molecule has 1 fully saturated rings. The van der Waals surface area contributed by atoms with Gasteiger partial charge in [-0.3, -0.25) is 9.80 Å². The summed E-state index contributed by atoms with van der Waals surface area (Å²) in [6, 6.07) is 38.0. The van der Waals surface area contributed by atoms with E-state index in [4.69, 9.17) is 11.6 Å². The van der Waals surface area contributed by atoms with Gasteiger partial charge in [0.25, 0.3) is 0 Å². The third kappa shape index (κ3) is 4.88. The van der Waals surface area contributed by atoms with Gasteiger partial charge in [0.15, 0.2) is 0 Å². The summed E-state index contributed by atoms with van der Waals surface area (Å²) in [6.07, 6.45) is 0. The average Bonchev–Trinajstić information content (AvgIpc) is 2.89. The SMILES string of the molecule is Oc1ccccc1C(c1cc[c]cc1)N1CCN(C(c2ccccc2)c2ccc(Cl)cc2)CC1. The van der Waals surface area contributed by atoms with Crippen LogP contribution >= 0.6 is 11.6 Å². The van der Waals surface area contributed by atoms with Crippen molar-refractivity contribution in [2.24, 2.45) is 0 Å². The highest BCUT2D eigenvalue weighted by molar-refractivity contribution is 6.30. The van der Waals surface area contributed by atoms with Crippen LogP contribution in [0.15, 0.2) is 103 Å². The van der Waals surface area contributed by atoms with Crippen molar-refractivity contribution in [2.45, 2.75) is 12.1 Å². The maximum Gasteiger partial charge on any atom is 0.120 e. The molecule has 1 aliphatic rings. The standard InChI is InChI=1S/C30H28ClN2O/c31-26-17-15-25(16-18-26)29(23-9-3-1-4-10-23)32-19-21-33(22-20-32)30(24-11-5-2-6-12-24)27-13-7-8-14-28(27)34/h1,3-18,29-30,34H,19-22H2. The topological polar surface area (TPSA) is 26.7 Å². The van der Waals surface area contributed by atoms with Gasteiger partial charge in [0, 0.05) is 36.8 Å². The lowest BCUT2D eigenvalue weighted by atomic mass is 9.94. The van der Waals surface area contributed by atoms with Gasteiger partial charge in [-0.15, -0.1) is 0 Å². The molecule has 0 bridgehead atoms. The van der Waals surface area contributed by atoms with Crippen LogP contribution in [0.3, 0.4) is 0 Å². The Morgan fingerprint density at radius 2 is 1.15 bits per heavy atom. The number of hydrogen-bond donors (Lipinski definition) is 1. The summed E-state index contributed by atoms with van der Waals surface area (Å²) in [5.41, 5.74) is 4.65. The summed E-state index contributed by atoms with van der Waals surface area (Å²) >= 11 is 6.19. The molecule has 0 spiro atoms. The van der Waals surface area contributed by atoms with E-state index in [1.807, 2.05) is 42.5 Å². The molecule has 4 aromatic rings. The third-order valence-electron chi connectivity index (χ3n) is 6.67. The van der Waals surface area contributed by atoms with E-state index < -0.39 is 0 Å². The Kier molecular flexibility index (Phi) is 6.96. The zero-order valence-corrected chi connectivity index (χ0v) is 19.8. The van der Waals surface area contributed by atoms with Crippen LogP contribution in [0.5, 0.6) is 5.75 Å². The molecule has 0 saturated carbocycles. The van der Waals surface area contributed by atoms with E-state index in [2.05, 4.69) is 70.5 Å². The first-order valence-corrected chi connectivity index (χ1v) is 12.1. The van der Waals surface area contributed by atoms with Crippen LogP contribution in [0.2, 0.25) is 5.02 Å². The molecule has 34 heavy (non-hydrogen) atoms. The summed E-state index contributed by atoms with van der Waals surface area (Å²) < 4.78 is 0. The van der Waals surface area contributed by atoms with Crippen molar-refractivity contribution in [2.75, 3.05) is 26.2 Å². The van der Waals surface area contributed by atoms with Gasteiger partial charge < -0.3 is 5.11 Å². The number of halogens is 1. The Morgan fingerprint density at radius 3 is 1.79 bits per heavy atom. The van der Waals surface area contributed by atoms with Crippen LogP contribution in [0.25, 0.3) is 0 Å². The molecule has 3 nitrogen and oxygen atoms in total. The first-order valence-electron chi connectivity index (χ1n) is 11.7. The van der Waals surface area contributed by atoms with Crippen molar-refractivity contribution in [1.29, 1.82) is 0 Å². The van der Waals surface area contributed by atoms with Gasteiger partial charge in [-0.2, -0.15) is 0 Å². The Morgan fingerprint density at radius 1 is 0.618 bits per heavy atom. The fraction of sp³-hybridized carbons (Fsp3) is 0.200. The zero-order valence-electron chi connectivity index (χ0n) is 19.0. The van der Waals surface area contributed by atoms with Crippen molar-refractivity contribution >= 4 is 11.6 Å². The highest BCUT2D eigenvalue weighted by Crippen LogP contribution is 2.36. The van der Waals surface area contributed by atoms with Gasteiger partial charge in [0.1, 0.15) is 5.75 Å². The van der Waals surface area contributed by atoms with Crippen molar-refractivity contribution in [3.63, 3.8) is 0 Å². The van der Waals surface area contributed by atoms with E-state index in [0.717, 1.165) is 36.8 Å². The van der Waals surface area contributed by atoms with E-state index >= 15 is 0 Å². The molecule has 1 radical (unpaired) electrons. The van der Waals surface area contributed by atoms with Crippen LogP contribution < -0.4 is 0 Å². The quantitative estimate of drug-likeness (QED) is 0.358. The third-order valence-corrected chi connectivity index (χ3v) is 6.92. The van der Waals surface area contributed by atoms with E-state index in [9.17, 15) is 5.11 Å². The molecule has 0 aromatic heterocycles. The second-order valence-corrected chi connectivity index (χ2v) is 9.17. The molecule has 0 amide bonds. The Labute approximate surface area is 206 Å². The van der Waals surface area contributed by atoms with Crippen molar-refractivity contribution in [3.8, 4) is 5.75 Å². The van der Waals surface area contributed by atoms with E-state index in [1.165, 1.54) is 16.7 Å². The number of hydrogen-bond acceptors (Lipinski definition) is 3. The van der Waals surface area contributed by atoms with Gasteiger partial charge >= 0.3 is 0 Å². The van der Waals surface area contributed by atoms with Crippen molar-refractivity contribution in [1.82, 2.24) is 9.80 Å². The number of para-hydroxylation sites is 1. The second kappa shape index (κ2) is 10.4. The van der Waals surface area contributed by atoms with Crippen molar-refractivity contribution < 1.29 is 5.11 Å². The van der Waals surface area contributed by atoms with Gasteiger partial charge in [-0.05, 0) is 41.0 Å². The number of phenols is 1. The lowest BCUT2D eigenvalue weighted by Crippen LogP contribution is -2.49. The first-order chi connectivity index (χ1) is 16.7. The van der Waals surface area contributed by atoms with Gasteiger partial charge in [-0.25, -0.2) is 0 Å². The highest BCUT2D eigenvalue weighted by atomic mass is 35.5. The molecular formula is C30H28ClN2O.